The van der Waals surface area contributed by atoms with Crippen molar-refractivity contribution in [2.75, 3.05) is 36.6 Å². The zero-order chi connectivity index (χ0) is 58.4. The van der Waals surface area contributed by atoms with Crippen LogP contribution in [-0.2, 0) is 50.6 Å². The van der Waals surface area contributed by atoms with Gasteiger partial charge < -0.3 is 19.8 Å². The maximum atomic E-state index is 13.2. The fourth-order valence-corrected chi connectivity index (χ4v) is 12.7. The molecule has 0 spiro atoms. The summed E-state index contributed by atoms with van der Waals surface area (Å²) in [5.74, 6) is -3.80. The number of hydrogen-bond acceptors (Lipinski definition) is 25. The smallest absolute Gasteiger partial charge is 0.299 e. The molecular weight excluding hydrogens is 1180 g/mol. The molecule has 0 bridgehead atoms. The van der Waals surface area contributed by atoms with Gasteiger partial charge >= 0.3 is 0 Å². The van der Waals surface area contributed by atoms with Crippen molar-refractivity contribution < 1.29 is 84.6 Å². The zero-order valence-electron chi connectivity index (χ0n) is 40.6. The molecule has 80 heavy (non-hydrogen) atoms. The Morgan fingerprint density at radius 1 is 0.700 bits per heavy atom. The molecule has 3 heterocycles. The molecule has 7 N–H and O–H groups in total. The van der Waals surface area contributed by atoms with Gasteiger partial charge in [0.25, 0.3) is 50.6 Å². The maximum absolute atomic E-state index is 13.2. The highest BCUT2D eigenvalue weighted by Gasteiger charge is 2.30. The molecule has 0 aliphatic rings. The Morgan fingerprint density at radius 3 is 1.93 bits per heavy atom. The van der Waals surface area contributed by atoms with Crippen molar-refractivity contribution >= 4 is 145 Å². The van der Waals surface area contributed by atoms with E-state index in [1.54, 1.807) is 24.3 Å². The van der Waals surface area contributed by atoms with Gasteiger partial charge in [-0.25, -0.2) is 9.97 Å². The van der Waals surface area contributed by atoms with Crippen LogP contribution in [0.2, 0.25) is 0 Å². The van der Waals surface area contributed by atoms with Crippen molar-refractivity contribution in [3.05, 3.63) is 83.4 Å². The number of nitriles is 1. The molecule has 0 saturated carbocycles. The molecule has 0 atom stereocenters. The zero-order valence-corrected chi connectivity index (χ0v) is 45.5. The first-order chi connectivity index (χ1) is 37.4. The molecule has 0 unspecified atom stereocenters. The van der Waals surface area contributed by atoms with Gasteiger partial charge in [-0.2, -0.15) is 47.4 Å². The molecule has 0 saturated heterocycles. The van der Waals surface area contributed by atoms with Crippen LogP contribution in [0.5, 0.6) is 17.4 Å². The molecule has 3 aromatic heterocycles. The van der Waals surface area contributed by atoms with Crippen molar-refractivity contribution in [1.82, 2.24) is 14.4 Å². The number of aldehydes is 1. The van der Waals surface area contributed by atoms with Crippen LogP contribution < -0.4 is 9.64 Å². The van der Waals surface area contributed by atoms with Gasteiger partial charge in [-0.3, -0.25) is 32.0 Å². The number of phenolic OH excluding ortho intramolecular Hbond substituents is 1. The number of imidazole rings is 1. The van der Waals surface area contributed by atoms with Crippen molar-refractivity contribution in [3.63, 3.8) is 0 Å². The number of para-hydroxylation sites is 2. The van der Waals surface area contributed by atoms with Crippen LogP contribution in [0.15, 0.2) is 112 Å². The van der Waals surface area contributed by atoms with Gasteiger partial charge in [-0.15, -0.1) is 30.7 Å². The Balaban J connectivity index is 1.29. The number of carbonyl (C=O) groups is 1. The summed E-state index contributed by atoms with van der Waals surface area (Å²) >= 11 is 0.616. The number of fused-ring (bicyclic) bond motifs is 5. The minimum atomic E-state index is -5.62. The summed E-state index contributed by atoms with van der Waals surface area (Å²) in [5.41, 5.74) is -2.95. The number of carbonyl (C=O) groups excluding carboxylic acids is 1. The van der Waals surface area contributed by atoms with E-state index >= 15 is 0 Å². The number of benzene rings is 5. The molecule has 30 nitrogen and oxygen atoms in total. The average Bonchev–Trinajstić information content (AvgIpc) is 4.17. The number of methoxy groups -OCH3 is 1. The fourth-order valence-electron chi connectivity index (χ4n) is 8.26. The van der Waals surface area contributed by atoms with E-state index in [-0.39, 0.29) is 61.2 Å². The Hall–Kier alpha value is -8.09. The Kier molecular flexibility index (Phi) is 15.9. The number of nitrogens with zero attached hydrogens (tertiary/aromatic N) is 11. The van der Waals surface area contributed by atoms with Gasteiger partial charge in [-0.05, 0) is 74.4 Å². The van der Waals surface area contributed by atoms with E-state index in [4.69, 9.17) is 4.74 Å². The Labute approximate surface area is 455 Å². The second-order valence-electron chi connectivity index (χ2n) is 16.9. The van der Waals surface area contributed by atoms with Gasteiger partial charge in [-0.1, -0.05) is 23.5 Å². The number of anilines is 1. The van der Waals surface area contributed by atoms with Crippen LogP contribution in [-0.4, -0.2) is 127 Å². The van der Waals surface area contributed by atoms with Crippen molar-refractivity contribution in [2.45, 2.75) is 34.5 Å². The normalized spacial score (nSPS) is 13.0. The molecule has 0 radical (unpaired) electrons. The summed E-state index contributed by atoms with van der Waals surface area (Å²) in [4.78, 5) is 19.3. The number of phenols is 1. The minimum Gasteiger partial charge on any atom is -0.505 e. The van der Waals surface area contributed by atoms with Gasteiger partial charge in [0.1, 0.15) is 44.2 Å². The molecular formula is C44H37N11O19S6. The summed E-state index contributed by atoms with van der Waals surface area (Å²) in [6.45, 7) is 0.590. The highest BCUT2D eigenvalue weighted by molar-refractivity contribution is 7.87. The van der Waals surface area contributed by atoms with E-state index in [1.165, 1.54) is 28.4 Å². The molecule has 5 aromatic carbocycles. The highest BCUT2D eigenvalue weighted by atomic mass is 32.2. The second-order valence-corrected chi connectivity index (χ2v) is 25.1. The summed E-state index contributed by atoms with van der Waals surface area (Å²) in [7, 11) is -24.2. The van der Waals surface area contributed by atoms with Crippen LogP contribution in [0.4, 0.5) is 39.3 Å². The van der Waals surface area contributed by atoms with Gasteiger partial charge in [0, 0.05) is 35.0 Å². The predicted octanol–water partition coefficient (Wildman–Crippen LogP) is 8.01. The molecule has 0 amide bonds. The number of ether oxygens (including phenoxy) is 1. The largest absolute Gasteiger partial charge is 0.505 e. The summed E-state index contributed by atoms with van der Waals surface area (Å²) in [5, 5.41) is 55.5. The minimum absolute atomic E-state index is 0.00992. The molecule has 0 aliphatic heterocycles. The van der Waals surface area contributed by atoms with Gasteiger partial charge in [0.15, 0.2) is 28.3 Å². The third-order valence-corrected chi connectivity index (χ3v) is 17.1. The third kappa shape index (κ3) is 12.1. The quantitative estimate of drug-likeness (QED) is 0.0216. The summed E-state index contributed by atoms with van der Waals surface area (Å²) in [6, 6.07) is 15.4. The van der Waals surface area contributed by atoms with Crippen LogP contribution in [0.1, 0.15) is 34.3 Å². The third-order valence-electron chi connectivity index (χ3n) is 11.7. The number of hydrogen-bond donors (Lipinski definition) is 7. The van der Waals surface area contributed by atoms with E-state index in [0.717, 1.165) is 31.4 Å². The van der Waals surface area contributed by atoms with Gasteiger partial charge in [0.2, 0.25) is 11.0 Å². The fraction of sp³-hybridized carbons (Fsp3) is 0.182. The molecule has 36 heteroatoms. The van der Waals surface area contributed by atoms with Crippen molar-refractivity contribution in [1.29, 1.82) is 5.26 Å². The lowest BCUT2D eigenvalue weighted by Crippen LogP contribution is -2.28. The van der Waals surface area contributed by atoms with E-state index in [9.17, 15) is 85.1 Å². The number of azo groups is 3. The standard InChI is InChI=1S/C44H37N11O19S6/c1-22-26(20-45)42-46-27-7-3-4-8-32(27)55(42)43(58)36(22)51-48-29-10-9-24-25(40(29)79(68,69)70)18-35(78(65,66)67)37(38(24)57)52-50-31-17-23(21-56)30(19-33(31)54(13-5-15-76(59,60)61)14-6-16-77(62,63)64)49-53-44-47-28-11-12-34(74-2)41(39(28)75-44)80(71,72)73/h3-4,7-12,17-19,21,57-58H,5-6,13-16H2,1-2H3,(H,59,60,61)(H,62,63,64)(H,65,66,67)(H,68,69,70)(H,71,72,73). The summed E-state index contributed by atoms with van der Waals surface area (Å²) < 4.78 is 181. The second kappa shape index (κ2) is 21.9. The van der Waals surface area contributed by atoms with E-state index in [2.05, 4.69) is 40.7 Å². The van der Waals surface area contributed by atoms with Crippen molar-refractivity contribution in [2.24, 2.45) is 30.7 Å². The lowest BCUT2D eigenvalue weighted by molar-refractivity contribution is 0.112. The molecule has 418 valence electrons. The highest BCUT2D eigenvalue weighted by Crippen LogP contribution is 2.48. The maximum Gasteiger partial charge on any atom is 0.299 e. The monoisotopic (exact) mass is 1220 g/mol. The number of thiazole rings is 1. The lowest BCUT2D eigenvalue weighted by Gasteiger charge is -2.26. The van der Waals surface area contributed by atoms with Crippen LogP contribution in [0, 0.1) is 18.3 Å². The summed E-state index contributed by atoms with van der Waals surface area (Å²) in [6.07, 6.45) is -0.578. The first-order valence-corrected chi connectivity index (χ1v) is 30.6. The van der Waals surface area contributed by atoms with E-state index < -0.39 is 148 Å². The van der Waals surface area contributed by atoms with Crippen LogP contribution in [0.25, 0.3) is 37.7 Å². The molecule has 0 fully saturated rings. The average molecular weight is 1220 g/mol. The SMILES string of the molecule is COc1ccc2nc(N=Nc3cc(N(CCCS(=O)(=O)O)CCCS(=O)(=O)O)c(N=Nc4c(S(=O)(=O)O)cc5c(S(=O)(=O)O)c(N=Nc6c(C)c(C#N)c7nc8ccccc8n7c6O)ccc5c4O)cc3C=O)sc2c1S(=O)(=O)O. The number of aromatic hydroxyl groups is 2. The first-order valence-electron chi connectivity index (χ1n) is 22.2. The lowest BCUT2D eigenvalue weighted by atomic mass is 10.1. The molecule has 8 aromatic rings. The van der Waals surface area contributed by atoms with E-state index in [1.807, 2.05) is 6.07 Å². The van der Waals surface area contributed by atoms with Crippen LogP contribution >= 0.6 is 11.3 Å². The topological polar surface area (TPSA) is 470 Å². The number of rotatable bonds is 20. The molecule has 8 rings (SSSR count). The first kappa shape index (κ1) is 58.1. The van der Waals surface area contributed by atoms with Crippen molar-refractivity contribution in [3.8, 4) is 23.4 Å². The van der Waals surface area contributed by atoms with Gasteiger partial charge in [0.05, 0.1) is 51.2 Å². The number of pyridine rings is 1. The van der Waals surface area contributed by atoms with E-state index in [0.29, 0.717) is 28.4 Å². The number of aromatic nitrogens is 3. The predicted molar refractivity (Wildman–Crippen MR) is 284 cm³/mol. The molecule has 0 aliphatic carbocycles. The van der Waals surface area contributed by atoms with Crippen LogP contribution in [0.3, 0.4) is 0 Å². The Bertz CT molecular complexity index is 4620. The Morgan fingerprint density at radius 2 is 1.32 bits per heavy atom.